The molecule has 4 nitrogen and oxygen atoms in total. The molecule has 4 aliphatic rings. The van der Waals surface area contributed by atoms with Crippen LogP contribution in [0.5, 0.6) is 0 Å². The van der Waals surface area contributed by atoms with Crippen LogP contribution in [-0.2, 0) is 14.3 Å². The summed E-state index contributed by atoms with van der Waals surface area (Å²) in [6, 6.07) is 0. The van der Waals surface area contributed by atoms with Crippen LogP contribution in [0.4, 0.5) is 8.78 Å². The first kappa shape index (κ1) is 25.8. The topological polar surface area (TPSA) is 63.6 Å². The normalized spacial score (nSPS) is 45.6. The highest BCUT2D eigenvalue weighted by Gasteiger charge is 2.74. The van der Waals surface area contributed by atoms with Crippen molar-refractivity contribution < 1.29 is 28.2 Å². The molecule has 3 saturated carbocycles. The summed E-state index contributed by atoms with van der Waals surface area (Å²) in [6.45, 7) is 7.08. The van der Waals surface area contributed by atoms with E-state index in [1.165, 1.54) is 19.1 Å². The Bertz CT molecular complexity index is 918. The lowest BCUT2D eigenvalue weighted by molar-refractivity contribution is -0.217. The number of ether oxygens (including phenoxy) is 1. The highest BCUT2D eigenvalue weighted by atomic mass is 35.5. The van der Waals surface area contributed by atoms with E-state index in [9.17, 15) is 14.7 Å². The first-order valence-corrected chi connectivity index (χ1v) is 13.1. The molecule has 0 amide bonds. The molecule has 0 bridgehead atoms. The number of halogens is 3. The van der Waals surface area contributed by atoms with Crippen LogP contribution in [-0.4, -0.2) is 40.9 Å². The fourth-order valence-electron chi connectivity index (χ4n) is 8.11. The van der Waals surface area contributed by atoms with Crippen molar-refractivity contribution in [3.63, 3.8) is 0 Å². The van der Waals surface area contributed by atoms with Gasteiger partial charge in [-0.1, -0.05) is 57.2 Å². The number of allylic oxidation sites excluding steroid dienone is 4. The number of unbranched alkanes of at least 4 members (excludes halogenated alkanes) is 3. The van der Waals surface area contributed by atoms with Gasteiger partial charge in [0.15, 0.2) is 11.5 Å². The van der Waals surface area contributed by atoms with Crippen LogP contribution in [0.1, 0.15) is 79.1 Å². The molecular formula is C27H37ClF2O4. The lowest BCUT2D eigenvalue weighted by Gasteiger charge is -2.63. The van der Waals surface area contributed by atoms with Crippen LogP contribution >= 0.6 is 11.6 Å². The fourth-order valence-corrected chi connectivity index (χ4v) is 8.49. The molecule has 0 saturated heterocycles. The molecule has 0 aromatic heterocycles. The second-order valence-electron chi connectivity index (χ2n) is 11.3. The first-order chi connectivity index (χ1) is 15.9. The van der Waals surface area contributed by atoms with Gasteiger partial charge < -0.3 is 9.84 Å². The van der Waals surface area contributed by atoms with Gasteiger partial charge in [-0.3, -0.25) is 9.59 Å². The van der Waals surface area contributed by atoms with Crippen molar-refractivity contribution in [2.75, 3.05) is 0 Å². The molecule has 34 heavy (non-hydrogen) atoms. The Kier molecular flexibility index (Phi) is 6.83. The van der Waals surface area contributed by atoms with E-state index in [2.05, 4.69) is 6.92 Å². The minimum atomic E-state index is -2.18. The number of aliphatic hydroxyl groups excluding tert-OH is 1. The molecule has 9 atom stereocenters. The number of rotatable bonds is 6. The standard InChI is InChI=1S/C27H37ClF2O4/c1-5-6-7-8-10-26-14-21(33)27(30)18(17(26)12-15(2)24(26)34-16(3)31)13-19(29)22-23(28)20(32)9-11-25(22,27)4/h9,11,15,17-19,21,24,33H,5-8,10,12-14H2,1-4H3/t15-,17+,18+,19+,21+,24-,25+,26+,27+/m1/s1. The molecule has 4 rings (SSSR count). The second kappa shape index (κ2) is 8.99. The van der Waals surface area contributed by atoms with E-state index in [-0.39, 0.29) is 41.3 Å². The van der Waals surface area contributed by atoms with Crippen molar-refractivity contribution in [3.8, 4) is 0 Å². The average molecular weight is 499 g/mol. The summed E-state index contributed by atoms with van der Waals surface area (Å²) in [5, 5.41) is 11.3. The molecule has 0 spiro atoms. The summed E-state index contributed by atoms with van der Waals surface area (Å²) in [4.78, 5) is 24.2. The molecule has 0 unspecified atom stereocenters. The van der Waals surface area contributed by atoms with Crippen LogP contribution in [0.25, 0.3) is 0 Å². The van der Waals surface area contributed by atoms with Crippen molar-refractivity contribution in [1.82, 2.24) is 0 Å². The number of alkyl halides is 2. The zero-order valence-electron chi connectivity index (χ0n) is 20.6. The van der Waals surface area contributed by atoms with E-state index in [4.69, 9.17) is 16.3 Å². The molecule has 0 aliphatic heterocycles. The van der Waals surface area contributed by atoms with Crippen molar-refractivity contribution in [2.24, 2.45) is 28.6 Å². The first-order valence-electron chi connectivity index (χ1n) is 12.8. The lowest BCUT2D eigenvalue weighted by Crippen LogP contribution is -2.69. The molecule has 0 aromatic carbocycles. The minimum Gasteiger partial charge on any atom is -0.462 e. The predicted octanol–water partition coefficient (Wildman–Crippen LogP) is 6.00. The van der Waals surface area contributed by atoms with Gasteiger partial charge in [-0.2, -0.15) is 0 Å². The van der Waals surface area contributed by atoms with Gasteiger partial charge in [0, 0.05) is 23.7 Å². The van der Waals surface area contributed by atoms with Gasteiger partial charge in [0.1, 0.15) is 12.3 Å². The molecular weight excluding hydrogens is 462 g/mol. The van der Waals surface area contributed by atoms with Crippen molar-refractivity contribution in [2.45, 2.75) is 103 Å². The number of carbonyl (C=O) groups is 2. The van der Waals surface area contributed by atoms with E-state index >= 15 is 8.78 Å². The van der Waals surface area contributed by atoms with Crippen LogP contribution in [0.3, 0.4) is 0 Å². The maximum atomic E-state index is 17.4. The number of fused-ring (bicyclic) bond motifs is 5. The van der Waals surface area contributed by atoms with E-state index in [1.54, 1.807) is 6.92 Å². The van der Waals surface area contributed by atoms with Crippen molar-refractivity contribution >= 4 is 23.4 Å². The number of aliphatic hydroxyl groups is 1. The molecule has 1 N–H and O–H groups in total. The van der Waals surface area contributed by atoms with Gasteiger partial charge >= 0.3 is 5.97 Å². The molecule has 7 heteroatoms. The van der Waals surface area contributed by atoms with Crippen LogP contribution in [0.15, 0.2) is 22.8 Å². The molecule has 190 valence electrons. The van der Waals surface area contributed by atoms with E-state index in [0.29, 0.717) is 12.8 Å². The van der Waals surface area contributed by atoms with Gasteiger partial charge in [0.05, 0.1) is 11.1 Å². The molecule has 0 aromatic rings. The van der Waals surface area contributed by atoms with Crippen LogP contribution in [0.2, 0.25) is 0 Å². The fraction of sp³-hybridized carbons (Fsp3) is 0.778. The van der Waals surface area contributed by atoms with Crippen LogP contribution in [0, 0.1) is 28.6 Å². The lowest BCUT2D eigenvalue weighted by atomic mass is 9.44. The highest BCUT2D eigenvalue weighted by molar-refractivity contribution is 6.45. The van der Waals surface area contributed by atoms with E-state index < -0.39 is 46.6 Å². The largest absolute Gasteiger partial charge is 0.462 e. The number of carbonyl (C=O) groups excluding carboxylic acids is 2. The third-order valence-electron chi connectivity index (χ3n) is 9.47. The van der Waals surface area contributed by atoms with Gasteiger partial charge in [0.2, 0.25) is 0 Å². The quantitative estimate of drug-likeness (QED) is 0.360. The average Bonchev–Trinajstić information content (AvgIpc) is 3.02. The van der Waals surface area contributed by atoms with E-state index in [1.807, 2.05) is 6.92 Å². The van der Waals surface area contributed by atoms with Gasteiger partial charge in [-0.25, -0.2) is 8.78 Å². The third-order valence-corrected chi connectivity index (χ3v) is 9.86. The minimum absolute atomic E-state index is 0.0236. The zero-order valence-corrected chi connectivity index (χ0v) is 21.3. The van der Waals surface area contributed by atoms with E-state index in [0.717, 1.165) is 25.7 Å². The van der Waals surface area contributed by atoms with Crippen LogP contribution < -0.4 is 0 Å². The Labute approximate surface area is 206 Å². The molecule has 3 fully saturated rings. The smallest absolute Gasteiger partial charge is 0.302 e. The summed E-state index contributed by atoms with van der Waals surface area (Å²) in [6.07, 6.45) is 4.53. The SMILES string of the molecule is CCCCCC[C@]12C[C@H](O)[C@@]3(F)[C@@H](C[C@H](F)C4=C(Cl)C(=O)C=C[C@@]43C)[C@@H]1C[C@@H](C)[C@H]2OC(C)=O. The maximum Gasteiger partial charge on any atom is 0.302 e. The predicted molar refractivity (Wildman–Crippen MR) is 127 cm³/mol. The summed E-state index contributed by atoms with van der Waals surface area (Å²) < 4.78 is 39.0. The van der Waals surface area contributed by atoms with Crippen molar-refractivity contribution in [3.05, 3.63) is 22.8 Å². The summed E-state index contributed by atoms with van der Waals surface area (Å²) in [5.41, 5.74) is -4.34. The molecule has 0 radical (unpaired) electrons. The zero-order chi connectivity index (χ0) is 25.1. The second-order valence-corrected chi connectivity index (χ2v) is 11.7. The van der Waals surface area contributed by atoms with Gasteiger partial charge in [-0.15, -0.1) is 0 Å². The Balaban J connectivity index is 1.80. The van der Waals surface area contributed by atoms with Gasteiger partial charge in [0.25, 0.3) is 0 Å². The number of hydrogen-bond acceptors (Lipinski definition) is 4. The summed E-state index contributed by atoms with van der Waals surface area (Å²) in [7, 11) is 0. The summed E-state index contributed by atoms with van der Waals surface area (Å²) in [5.74, 6) is -1.97. The number of hydrogen-bond donors (Lipinski definition) is 1. The third kappa shape index (κ3) is 3.53. The van der Waals surface area contributed by atoms with Crippen molar-refractivity contribution in [1.29, 1.82) is 0 Å². The monoisotopic (exact) mass is 498 g/mol. The summed E-state index contributed by atoms with van der Waals surface area (Å²) >= 11 is 6.24. The number of esters is 1. The highest BCUT2D eigenvalue weighted by Crippen LogP contribution is 2.70. The molecule has 4 aliphatic carbocycles. The Hall–Kier alpha value is -1.27. The Morgan fingerprint density at radius 2 is 1.97 bits per heavy atom. The Morgan fingerprint density at radius 3 is 2.62 bits per heavy atom. The number of ketones is 1. The maximum absolute atomic E-state index is 17.4. The van der Waals surface area contributed by atoms with Gasteiger partial charge in [-0.05, 0) is 56.1 Å². The molecule has 0 heterocycles. The Morgan fingerprint density at radius 1 is 1.26 bits per heavy atom.